The summed E-state index contributed by atoms with van der Waals surface area (Å²) >= 11 is 1.24. The van der Waals surface area contributed by atoms with Gasteiger partial charge < -0.3 is 9.64 Å². The predicted molar refractivity (Wildman–Crippen MR) is 110 cm³/mol. The second kappa shape index (κ2) is 10.3. The Hall–Kier alpha value is -2.55. The highest BCUT2D eigenvalue weighted by Gasteiger charge is 2.29. The van der Waals surface area contributed by atoms with E-state index in [0.717, 1.165) is 18.4 Å². The minimum Gasteiger partial charge on any atom is -0.466 e. The van der Waals surface area contributed by atoms with Gasteiger partial charge in [0.25, 0.3) is 0 Å². The summed E-state index contributed by atoms with van der Waals surface area (Å²) in [6.45, 7) is 3.64. The molecule has 0 aliphatic carbocycles. The molecule has 156 valence electrons. The van der Waals surface area contributed by atoms with E-state index in [1.807, 2.05) is 30.3 Å². The zero-order valence-corrected chi connectivity index (χ0v) is 17.3. The van der Waals surface area contributed by atoms with E-state index in [9.17, 15) is 14.4 Å². The maximum atomic E-state index is 12.6. The summed E-state index contributed by atoms with van der Waals surface area (Å²) in [4.78, 5) is 38.4. The lowest BCUT2D eigenvalue weighted by Gasteiger charge is -2.31. The van der Waals surface area contributed by atoms with Gasteiger partial charge in [0.15, 0.2) is 5.16 Å². The number of hydrogen-bond acceptors (Lipinski definition) is 6. The fourth-order valence-corrected chi connectivity index (χ4v) is 4.25. The molecule has 1 amide bonds. The molecule has 1 aliphatic heterocycles. The Morgan fingerprint density at radius 1 is 1.31 bits per heavy atom. The van der Waals surface area contributed by atoms with Crippen molar-refractivity contribution in [1.82, 2.24) is 19.7 Å². The number of benzene rings is 1. The van der Waals surface area contributed by atoms with Gasteiger partial charge in [-0.05, 0) is 31.7 Å². The number of thioether (sulfide) groups is 1. The second-order valence-electron chi connectivity index (χ2n) is 6.92. The molecule has 0 spiro atoms. The molecule has 2 heterocycles. The smallest absolute Gasteiger partial charge is 0.343 e. The van der Waals surface area contributed by atoms with Gasteiger partial charge in [-0.25, -0.2) is 9.89 Å². The van der Waals surface area contributed by atoms with Crippen LogP contribution in [0.3, 0.4) is 0 Å². The van der Waals surface area contributed by atoms with E-state index in [1.54, 1.807) is 16.4 Å². The zero-order valence-electron chi connectivity index (χ0n) is 16.5. The van der Waals surface area contributed by atoms with E-state index in [1.165, 1.54) is 11.8 Å². The van der Waals surface area contributed by atoms with Gasteiger partial charge in [-0.3, -0.25) is 14.2 Å². The highest BCUT2D eigenvalue weighted by Crippen LogP contribution is 2.20. The fourth-order valence-electron chi connectivity index (χ4n) is 3.37. The summed E-state index contributed by atoms with van der Waals surface area (Å²) in [6.07, 6.45) is 2.23. The minimum atomic E-state index is -0.281. The van der Waals surface area contributed by atoms with E-state index < -0.39 is 0 Å². The maximum absolute atomic E-state index is 12.6. The molecule has 1 aromatic carbocycles. The summed E-state index contributed by atoms with van der Waals surface area (Å²) in [5, 5.41) is 7.02. The number of aromatic amines is 1. The van der Waals surface area contributed by atoms with Crippen LogP contribution in [0.4, 0.5) is 0 Å². The number of H-pyrrole nitrogens is 1. The average Bonchev–Trinajstić information content (AvgIpc) is 3.11. The Bertz CT molecular complexity index is 880. The monoisotopic (exact) mass is 418 g/mol. The Balaban J connectivity index is 1.55. The summed E-state index contributed by atoms with van der Waals surface area (Å²) < 4.78 is 6.64. The van der Waals surface area contributed by atoms with Crippen molar-refractivity contribution >= 4 is 23.6 Å². The fraction of sp³-hybridized carbons (Fsp3) is 0.500. The van der Waals surface area contributed by atoms with Crippen molar-refractivity contribution in [2.45, 2.75) is 37.9 Å². The molecule has 0 radical (unpaired) electrons. The molecule has 0 saturated carbocycles. The first-order valence-electron chi connectivity index (χ1n) is 9.84. The van der Waals surface area contributed by atoms with Crippen LogP contribution in [0.2, 0.25) is 0 Å². The number of nitrogens with zero attached hydrogens (tertiary/aromatic N) is 3. The lowest BCUT2D eigenvalue weighted by Crippen LogP contribution is -2.43. The van der Waals surface area contributed by atoms with Crippen LogP contribution in [-0.4, -0.2) is 57.0 Å². The van der Waals surface area contributed by atoms with Crippen LogP contribution in [0.5, 0.6) is 0 Å². The topological polar surface area (TPSA) is 97.3 Å². The molecule has 1 fully saturated rings. The van der Waals surface area contributed by atoms with E-state index in [2.05, 4.69) is 10.2 Å². The molecule has 1 atom stereocenters. The van der Waals surface area contributed by atoms with Crippen LogP contribution < -0.4 is 5.69 Å². The van der Waals surface area contributed by atoms with Gasteiger partial charge in [0.05, 0.1) is 18.3 Å². The van der Waals surface area contributed by atoms with E-state index in [4.69, 9.17) is 4.74 Å². The normalized spacial score (nSPS) is 16.6. The van der Waals surface area contributed by atoms with Crippen LogP contribution in [0.25, 0.3) is 0 Å². The maximum Gasteiger partial charge on any atom is 0.343 e. The van der Waals surface area contributed by atoms with Crippen molar-refractivity contribution in [3.8, 4) is 0 Å². The largest absolute Gasteiger partial charge is 0.466 e. The highest BCUT2D eigenvalue weighted by atomic mass is 32.2. The first-order chi connectivity index (χ1) is 14.1. The van der Waals surface area contributed by atoms with Gasteiger partial charge in [0, 0.05) is 19.6 Å². The molecular formula is C20H26N4O4S. The highest BCUT2D eigenvalue weighted by molar-refractivity contribution is 7.99. The molecule has 8 nitrogen and oxygen atoms in total. The number of ether oxygens (including phenoxy) is 1. The number of aryl methyl sites for hydroxylation is 1. The number of aromatic nitrogens is 3. The van der Waals surface area contributed by atoms with Crippen molar-refractivity contribution < 1.29 is 14.3 Å². The molecular weight excluding hydrogens is 392 g/mol. The number of hydrogen-bond donors (Lipinski definition) is 1. The van der Waals surface area contributed by atoms with Crippen LogP contribution in [0.15, 0.2) is 40.3 Å². The Kier molecular flexibility index (Phi) is 7.51. The number of carbonyl (C=O) groups excluding carboxylic acids is 2. The number of rotatable bonds is 8. The summed E-state index contributed by atoms with van der Waals surface area (Å²) in [6, 6.07) is 9.90. The number of carbonyl (C=O) groups is 2. The van der Waals surface area contributed by atoms with Gasteiger partial charge in [0.2, 0.25) is 5.91 Å². The first-order valence-corrected chi connectivity index (χ1v) is 10.8. The summed E-state index contributed by atoms with van der Waals surface area (Å²) in [5.41, 5.74) is 0.849. The number of esters is 1. The molecule has 1 aromatic heterocycles. The summed E-state index contributed by atoms with van der Waals surface area (Å²) in [5.74, 6) is -0.383. The molecule has 1 saturated heterocycles. The van der Waals surface area contributed by atoms with Crippen molar-refractivity contribution in [2.24, 2.45) is 5.92 Å². The first kappa shape index (κ1) is 21.2. The van der Waals surface area contributed by atoms with Crippen molar-refractivity contribution in [3.63, 3.8) is 0 Å². The molecule has 0 unspecified atom stereocenters. The van der Waals surface area contributed by atoms with Crippen molar-refractivity contribution in [1.29, 1.82) is 0 Å². The van der Waals surface area contributed by atoms with Crippen molar-refractivity contribution in [2.75, 3.05) is 25.4 Å². The third-order valence-electron chi connectivity index (χ3n) is 4.91. The van der Waals surface area contributed by atoms with Gasteiger partial charge in [0.1, 0.15) is 0 Å². The lowest BCUT2D eigenvalue weighted by molar-refractivity contribution is -0.151. The van der Waals surface area contributed by atoms with Gasteiger partial charge in [-0.15, -0.1) is 5.10 Å². The van der Waals surface area contributed by atoms with Gasteiger partial charge in [-0.2, -0.15) is 0 Å². The third-order valence-corrected chi connectivity index (χ3v) is 5.87. The molecule has 29 heavy (non-hydrogen) atoms. The molecule has 3 rings (SSSR count). The van der Waals surface area contributed by atoms with E-state index >= 15 is 0 Å². The molecule has 9 heteroatoms. The Morgan fingerprint density at radius 3 is 2.86 bits per heavy atom. The Labute approximate surface area is 173 Å². The van der Waals surface area contributed by atoms with Crippen LogP contribution in [0, 0.1) is 5.92 Å². The number of likely N-dealkylation sites (tertiary alicyclic amines) is 1. The average molecular weight is 419 g/mol. The summed E-state index contributed by atoms with van der Waals surface area (Å²) in [7, 11) is 0. The molecule has 0 bridgehead atoms. The molecule has 1 aliphatic rings. The quantitative estimate of drug-likeness (QED) is 0.518. The van der Waals surface area contributed by atoms with E-state index in [0.29, 0.717) is 37.8 Å². The predicted octanol–water partition coefficient (Wildman–Crippen LogP) is 1.71. The second-order valence-corrected chi connectivity index (χ2v) is 7.86. The van der Waals surface area contributed by atoms with Gasteiger partial charge in [-0.1, -0.05) is 42.1 Å². The molecule has 1 N–H and O–H groups in total. The number of nitrogens with one attached hydrogen (secondary N) is 1. The minimum absolute atomic E-state index is 0.0611. The van der Waals surface area contributed by atoms with Crippen molar-refractivity contribution in [3.05, 3.63) is 46.4 Å². The van der Waals surface area contributed by atoms with Crippen LogP contribution >= 0.6 is 11.8 Å². The Morgan fingerprint density at radius 2 is 2.10 bits per heavy atom. The SMILES string of the molecule is CCOC(=O)[C@@H]1CCCN(C(=O)CSc2n[nH]c(=O)n2CCc2ccccc2)C1. The third kappa shape index (κ3) is 5.72. The lowest BCUT2D eigenvalue weighted by atomic mass is 9.98. The van der Waals surface area contributed by atoms with E-state index in [-0.39, 0.29) is 29.2 Å². The molecule has 2 aromatic rings. The number of piperidine rings is 1. The zero-order chi connectivity index (χ0) is 20.6. The van der Waals surface area contributed by atoms with Gasteiger partial charge >= 0.3 is 11.7 Å². The van der Waals surface area contributed by atoms with Crippen LogP contribution in [0.1, 0.15) is 25.3 Å². The standard InChI is InChI=1S/C20H26N4O4S/c1-2-28-18(26)16-9-6-11-23(13-16)17(25)14-29-20-22-21-19(27)24(20)12-10-15-7-4-3-5-8-15/h3-5,7-8,16H,2,6,9-14H2,1H3,(H,21,27)/t16-/m1/s1. The van der Waals surface area contributed by atoms with Crippen LogP contribution in [-0.2, 0) is 27.3 Å². The number of amides is 1.